The van der Waals surface area contributed by atoms with Gasteiger partial charge in [-0.2, -0.15) is 0 Å². The van der Waals surface area contributed by atoms with Gasteiger partial charge in [0.1, 0.15) is 0 Å². The third kappa shape index (κ3) is 1.25. The molecule has 0 spiro atoms. The highest BCUT2D eigenvalue weighted by atomic mass is 16.4. The first-order chi connectivity index (χ1) is 4.84. The number of carboxylic acids is 1. The van der Waals surface area contributed by atoms with Gasteiger partial charge in [0.25, 0.3) is 1.43 Å². The molecule has 0 radical (unpaired) electrons. The molecule has 0 aromatic carbocycles. The molecule has 3 nitrogen and oxygen atoms in total. The Labute approximate surface area is 53.5 Å². The zero-order valence-corrected chi connectivity index (χ0v) is 4.57. The zero-order valence-electron chi connectivity index (χ0n) is 5.57. The maximum Gasteiger partial charge on any atom is 0.337 e. The van der Waals surface area contributed by atoms with Gasteiger partial charge in [-0.25, -0.2) is 4.79 Å². The zero-order chi connectivity index (χ0) is 7.40. The number of pyridine rings is 1. The van der Waals surface area contributed by atoms with Crippen LogP contribution in [0.5, 0.6) is 0 Å². The molecule has 0 saturated carbocycles. The van der Waals surface area contributed by atoms with Crippen LogP contribution in [0.15, 0.2) is 24.5 Å². The fraction of sp³-hybridized carbons (Fsp3) is 0. The summed E-state index contributed by atoms with van der Waals surface area (Å²) in [4.78, 5) is 14.2. The van der Waals surface area contributed by atoms with Crippen molar-refractivity contribution in [3.63, 3.8) is 0 Å². The van der Waals surface area contributed by atoms with E-state index in [-0.39, 0.29) is 5.56 Å². The summed E-state index contributed by atoms with van der Waals surface area (Å²) in [5.74, 6) is -0.687. The van der Waals surface area contributed by atoms with E-state index >= 15 is 0 Å². The molecule has 0 aliphatic carbocycles. The van der Waals surface area contributed by atoms with Crippen LogP contribution in [-0.4, -0.2) is 16.1 Å². The molecule has 1 N–H and O–H groups in total. The van der Waals surface area contributed by atoms with E-state index in [2.05, 4.69) is 10.1 Å². The van der Waals surface area contributed by atoms with Crippen LogP contribution in [0.3, 0.4) is 0 Å². The molecule has 1 rings (SSSR count). The normalized spacial score (nSPS) is 10.0. The third-order valence-electron chi connectivity index (χ3n) is 0.897. The van der Waals surface area contributed by atoms with E-state index in [4.69, 9.17) is 1.43 Å². The van der Waals surface area contributed by atoms with Gasteiger partial charge < -0.3 is 5.11 Å². The molecule has 0 aliphatic heterocycles. The lowest BCUT2D eigenvalue weighted by atomic mass is 10.3. The van der Waals surface area contributed by atoms with E-state index in [1.54, 1.807) is 12.3 Å². The minimum absolute atomic E-state index is 0.289. The van der Waals surface area contributed by atoms with E-state index in [1.165, 1.54) is 12.3 Å². The van der Waals surface area contributed by atoms with Gasteiger partial charge in [0.15, 0.2) is 0 Å². The maximum absolute atomic E-state index is 10.6. The first-order valence-electron chi connectivity index (χ1n) is 2.83. The molecule has 46 valence electrons. The van der Waals surface area contributed by atoms with Gasteiger partial charge in [-0.3, -0.25) is 4.98 Å². The molecule has 0 unspecified atom stereocenters. The largest absolute Gasteiger partial charge is 0.478 e. The molecule has 1 aromatic rings. The van der Waals surface area contributed by atoms with Crippen molar-refractivity contribution in [3.05, 3.63) is 30.1 Å². The second-order valence-corrected chi connectivity index (χ2v) is 1.53. The highest BCUT2D eigenvalue weighted by molar-refractivity contribution is 5.86. The number of aromatic nitrogens is 1. The molecular weight excluding hydrogens is 118 g/mol. The summed E-state index contributed by atoms with van der Waals surface area (Å²) in [7, 11) is 0. The molecule has 1 heterocycles. The Balaban J connectivity index is 2.85. The van der Waals surface area contributed by atoms with Gasteiger partial charge in [-0.1, -0.05) is 0 Å². The summed E-state index contributed by atoms with van der Waals surface area (Å²) >= 11 is 0. The molecule has 0 bridgehead atoms. The number of rotatable bonds is 1. The molecule has 9 heavy (non-hydrogen) atoms. The standard InChI is InChI=1S/C6H5NO2/c8-6(9)5-2-1-3-7-4-5/h1-4H,(H,8,9)/i/hD. The van der Waals surface area contributed by atoms with E-state index in [9.17, 15) is 4.79 Å². The summed E-state index contributed by atoms with van der Waals surface area (Å²) < 4.78 is 6.27. The van der Waals surface area contributed by atoms with Crippen LogP contribution >= 0.6 is 0 Å². The van der Waals surface area contributed by atoms with Crippen LogP contribution in [0.1, 0.15) is 10.4 Å². The van der Waals surface area contributed by atoms with E-state index < -0.39 is 5.97 Å². The van der Waals surface area contributed by atoms with Gasteiger partial charge in [0, 0.05) is 12.4 Å². The molecular formula is C6H5NO2. The summed E-state index contributed by atoms with van der Waals surface area (Å²) in [5.41, 5.74) is 0.289. The summed E-state index contributed by atoms with van der Waals surface area (Å²) in [5, 5.41) is 3.71. The van der Waals surface area contributed by atoms with Gasteiger partial charge in [-0.05, 0) is 12.1 Å². The third-order valence-corrected chi connectivity index (χ3v) is 0.897. The van der Waals surface area contributed by atoms with Crippen molar-refractivity contribution in [2.45, 2.75) is 0 Å². The highest BCUT2D eigenvalue weighted by Gasteiger charge is 1.97. The predicted octanol–water partition coefficient (Wildman–Crippen LogP) is 0.780. The number of carbonyl (C=O) groups is 1. The Morgan fingerprint density at radius 1 is 1.89 bits per heavy atom. The summed E-state index contributed by atoms with van der Waals surface area (Å²) in [6.45, 7) is 0. The lowest BCUT2D eigenvalue weighted by molar-refractivity contribution is 0.0696. The average Bonchev–Trinajstić information content (AvgIpc) is 2.05. The quantitative estimate of drug-likeness (QED) is 0.601. The van der Waals surface area contributed by atoms with Crippen LogP contribution in [0.2, 0.25) is 0 Å². The van der Waals surface area contributed by atoms with E-state index in [1.807, 2.05) is 0 Å². The smallest absolute Gasteiger partial charge is 0.337 e. The van der Waals surface area contributed by atoms with Crippen molar-refractivity contribution in [1.29, 1.82) is 1.43 Å². The SMILES string of the molecule is [2H]OC(=O)c1cccnc1. The molecule has 0 amide bonds. The van der Waals surface area contributed by atoms with Crippen LogP contribution in [-0.2, 0) is 0 Å². The highest BCUT2D eigenvalue weighted by Crippen LogP contribution is 1.92. The minimum Gasteiger partial charge on any atom is -0.478 e. The van der Waals surface area contributed by atoms with Crippen molar-refractivity contribution in [2.75, 3.05) is 0 Å². The minimum atomic E-state index is -0.687. The Morgan fingerprint density at radius 2 is 2.78 bits per heavy atom. The molecule has 3 heteroatoms. The maximum atomic E-state index is 10.6. The molecule has 1 aromatic heterocycles. The molecule has 0 atom stereocenters. The summed E-state index contributed by atoms with van der Waals surface area (Å²) in [6.07, 6.45) is 2.89. The molecule has 0 saturated heterocycles. The van der Waals surface area contributed by atoms with Crippen LogP contribution in [0.25, 0.3) is 1.43 Å². The van der Waals surface area contributed by atoms with Crippen molar-refractivity contribution >= 4 is 5.97 Å². The second-order valence-electron chi connectivity index (χ2n) is 1.53. The predicted molar refractivity (Wildman–Crippen MR) is 31.2 cm³/mol. The van der Waals surface area contributed by atoms with Gasteiger partial charge in [-0.15, -0.1) is 0 Å². The average molecular weight is 124 g/mol. The fourth-order valence-corrected chi connectivity index (χ4v) is 0.484. The summed E-state index contributed by atoms with van der Waals surface area (Å²) in [6, 6.07) is 3.14. The fourth-order valence-electron chi connectivity index (χ4n) is 0.484. The number of carboxylic acid groups (broad SMARTS) is 1. The van der Waals surface area contributed by atoms with Crippen LogP contribution < -0.4 is 0 Å². The number of nitrogens with zero attached hydrogens (tertiary/aromatic N) is 1. The Bertz CT molecular complexity index is 224. The van der Waals surface area contributed by atoms with Crippen LogP contribution in [0, 0.1) is 0 Å². The number of aromatic carboxylic acids is 1. The number of hydrogen-bond donors (Lipinski definition) is 1. The first-order valence-corrected chi connectivity index (χ1v) is 2.42. The van der Waals surface area contributed by atoms with Crippen molar-refractivity contribution in [1.82, 2.24) is 4.98 Å². The monoisotopic (exact) mass is 124 g/mol. The lowest BCUT2D eigenvalue weighted by Crippen LogP contribution is -1.94. The molecule has 0 aliphatic rings. The Hall–Kier alpha value is -1.38. The van der Waals surface area contributed by atoms with Crippen molar-refractivity contribution in [3.8, 4) is 0 Å². The molecule has 0 fully saturated rings. The van der Waals surface area contributed by atoms with E-state index in [0.29, 0.717) is 0 Å². The van der Waals surface area contributed by atoms with Crippen molar-refractivity contribution in [2.24, 2.45) is 0 Å². The van der Waals surface area contributed by atoms with Gasteiger partial charge in [0.2, 0.25) is 0 Å². The van der Waals surface area contributed by atoms with Crippen molar-refractivity contribution < 1.29 is 9.90 Å². The Morgan fingerprint density at radius 3 is 3.33 bits per heavy atom. The topological polar surface area (TPSA) is 50.2 Å². The van der Waals surface area contributed by atoms with Gasteiger partial charge in [0.05, 0.1) is 5.56 Å². The number of hydrogen-bond acceptors (Lipinski definition) is 3. The van der Waals surface area contributed by atoms with E-state index in [0.717, 1.165) is 0 Å². The second kappa shape index (κ2) is 2.26. The first kappa shape index (κ1) is 4.49. The lowest BCUT2D eigenvalue weighted by Gasteiger charge is -1.87. The Kier molecular flexibility index (Phi) is 1.13. The van der Waals surface area contributed by atoms with Gasteiger partial charge >= 0.3 is 5.97 Å². The van der Waals surface area contributed by atoms with Crippen LogP contribution in [0.4, 0.5) is 0 Å².